The zero-order valence-electron chi connectivity index (χ0n) is 11.8. The van der Waals surface area contributed by atoms with Gasteiger partial charge in [0.25, 0.3) is 0 Å². The standard InChI is InChI=1S/C16H19FN2O/c1-16(2,15-18-8-9-20-15)14-7-6-13(19-14)11-4-3-5-12(17)10-11/h3-5,8-10,13-14,19H,6-7H2,1-2H3/t13-,14+/m0/s1. The van der Waals surface area contributed by atoms with Gasteiger partial charge in [-0.2, -0.15) is 0 Å². The van der Waals surface area contributed by atoms with E-state index in [1.165, 1.54) is 6.07 Å². The summed E-state index contributed by atoms with van der Waals surface area (Å²) in [5, 5.41) is 3.60. The summed E-state index contributed by atoms with van der Waals surface area (Å²) in [6, 6.07) is 7.30. The fourth-order valence-corrected chi connectivity index (χ4v) is 2.99. The summed E-state index contributed by atoms with van der Waals surface area (Å²) in [7, 11) is 0. The Bertz CT molecular complexity index is 580. The van der Waals surface area contributed by atoms with Gasteiger partial charge in [-0.25, -0.2) is 9.37 Å². The minimum atomic E-state index is -0.181. The van der Waals surface area contributed by atoms with Crippen molar-refractivity contribution in [2.24, 2.45) is 0 Å². The molecule has 1 saturated heterocycles. The van der Waals surface area contributed by atoms with Crippen molar-refractivity contribution in [3.8, 4) is 0 Å². The van der Waals surface area contributed by atoms with Crippen molar-refractivity contribution in [1.29, 1.82) is 0 Å². The van der Waals surface area contributed by atoms with Gasteiger partial charge < -0.3 is 9.73 Å². The Labute approximate surface area is 118 Å². The fourth-order valence-electron chi connectivity index (χ4n) is 2.99. The Morgan fingerprint density at radius 2 is 2.20 bits per heavy atom. The molecule has 3 rings (SSSR count). The summed E-state index contributed by atoms with van der Waals surface area (Å²) < 4.78 is 18.8. The van der Waals surface area contributed by atoms with E-state index in [1.54, 1.807) is 24.6 Å². The van der Waals surface area contributed by atoms with Crippen LogP contribution in [0.4, 0.5) is 4.39 Å². The molecule has 1 aliphatic heterocycles. The van der Waals surface area contributed by atoms with E-state index in [1.807, 2.05) is 6.07 Å². The third kappa shape index (κ3) is 2.36. The quantitative estimate of drug-likeness (QED) is 0.929. The lowest BCUT2D eigenvalue weighted by Gasteiger charge is -2.29. The molecule has 4 heteroatoms. The molecule has 2 atom stereocenters. The lowest BCUT2D eigenvalue weighted by Crippen LogP contribution is -2.41. The van der Waals surface area contributed by atoms with Crippen LogP contribution in [0.1, 0.15) is 44.2 Å². The molecule has 0 aliphatic carbocycles. The first-order valence-corrected chi connectivity index (χ1v) is 6.99. The Kier molecular flexibility index (Phi) is 3.34. The molecule has 0 unspecified atom stereocenters. The molecule has 1 fully saturated rings. The van der Waals surface area contributed by atoms with Crippen LogP contribution in [-0.2, 0) is 5.41 Å². The average molecular weight is 274 g/mol. The monoisotopic (exact) mass is 274 g/mol. The highest BCUT2D eigenvalue weighted by molar-refractivity contribution is 5.22. The van der Waals surface area contributed by atoms with Crippen molar-refractivity contribution in [2.45, 2.75) is 44.2 Å². The maximum atomic E-state index is 13.3. The number of nitrogens with zero attached hydrogens (tertiary/aromatic N) is 1. The minimum absolute atomic E-state index is 0.175. The van der Waals surface area contributed by atoms with Gasteiger partial charge >= 0.3 is 0 Å². The second kappa shape index (κ2) is 5.02. The van der Waals surface area contributed by atoms with Crippen molar-refractivity contribution in [2.75, 3.05) is 0 Å². The van der Waals surface area contributed by atoms with Crippen molar-refractivity contribution >= 4 is 0 Å². The summed E-state index contributed by atoms with van der Waals surface area (Å²) in [4.78, 5) is 4.28. The molecule has 0 radical (unpaired) electrons. The van der Waals surface area contributed by atoms with E-state index in [2.05, 4.69) is 24.1 Å². The SMILES string of the molecule is CC(C)(c1ncco1)[C@H]1CC[C@@H](c2cccc(F)c2)N1. The number of oxazole rings is 1. The van der Waals surface area contributed by atoms with Gasteiger partial charge in [-0.3, -0.25) is 0 Å². The van der Waals surface area contributed by atoms with Gasteiger partial charge in [-0.05, 0) is 44.4 Å². The number of nitrogens with one attached hydrogen (secondary N) is 1. The number of halogens is 1. The lowest BCUT2D eigenvalue weighted by molar-refractivity contribution is 0.290. The molecule has 1 N–H and O–H groups in total. The van der Waals surface area contributed by atoms with Crippen LogP contribution >= 0.6 is 0 Å². The average Bonchev–Trinajstić information content (AvgIpc) is 3.11. The molecular weight excluding hydrogens is 255 g/mol. The molecule has 1 aromatic heterocycles. The zero-order valence-corrected chi connectivity index (χ0v) is 11.8. The molecule has 2 aromatic rings. The molecule has 2 heterocycles. The van der Waals surface area contributed by atoms with Crippen LogP contribution < -0.4 is 5.32 Å². The highest BCUT2D eigenvalue weighted by atomic mass is 19.1. The van der Waals surface area contributed by atoms with E-state index in [0.29, 0.717) is 0 Å². The van der Waals surface area contributed by atoms with Crippen molar-refractivity contribution < 1.29 is 8.81 Å². The van der Waals surface area contributed by atoms with Gasteiger partial charge in [-0.1, -0.05) is 12.1 Å². The highest BCUT2D eigenvalue weighted by Gasteiger charge is 2.40. The van der Waals surface area contributed by atoms with Crippen molar-refractivity contribution in [3.63, 3.8) is 0 Å². The molecule has 0 bridgehead atoms. The Hall–Kier alpha value is -1.68. The first-order valence-electron chi connectivity index (χ1n) is 6.99. The number of rotatable bonds is 3. The zero-order chi connectivity index (χ0) is 14.2. The summed E-state index contributed by atoms with van der Waals surface area (Å²) >= 11 is 0. The Morgan fingerprint density at radius 3 is 2.90 bits per heavy atom. The van der Waals surface area contributed by atoms with Gasteiger partial charge in [0.15, 0.2) is 0 Å². The summed E-state index contributed by atoms with van der Waals surface area (Å²) in [5.41, 5.74) is 0.835. The van der Waals surface area contributed by atoms with Crippen LogP contribution in [0, 0.1) is 5.82 Å². The summed E-state index contributed by atoms with van der Waals surface area (Å²) in [6.45, 7) is 4.26. The predicted molar refractivity (Wildman–Crippen MR) is 74.8 cm³/mol. The van der Waals surface area contributed by atoms with E-state index in [-0.39, 0.29) is 23.3 Å². The molecule has 1 aliphatic rings. The van der Waals surface area contributed by atoms with Gasteiger partial charge in [0.05, 0.1) is 11.6 Å². The smallest absolute Gasteiger partial charge is 0.201 e. The minimum Gasteiger partial charge on any atom is -0.448 e. The number of benzene rings is 1. The third-order valence-electron chi connectivity index (χ3n) is 4.25. The molecule has 1 aromatic carbocycles. The second-order valence-electron chi connectivity index (χ2n) is 5.96. The summed E-state index contributed by atoms with van der Waals surface area (Å²) in [5.74, 6) is 0.564. The van der Waals surface area contributed by atoms with E-state index < -0.39 is 0 Å². The number of hydrogen-bond acceptors (Lipinski definition) is 3. The second-order valence-corrected chi connectivity index (χ2v) is 5.96. The first-order chi connectivity index (χ1) is 9.57. The van der Waals surface area contributed by atoms with Crippen LogP contribution in [-0.4, -0.2) is 11.0 Å². The molecule has 3 nitrogen and oxygen atoms in total. The molecule has 0 spiro atoms. The van der Waals surface area contributed by atoms with Crippen LogP contribution in [0.15, 0.2) is 41.1 Å². The Balaban J connectivity index is 1.77. The number of hydrogen-bond donors (Lipinski definition) is 1. The van der Waals surface area contributed by atoms with Crippen LogP contribution in [0.5, 0.6) is 0 Å². The van der Waals surface area contributed by atoms with E-state index in [4.69, 9.17) is 4.42 Å². The maximum Gasteiger partial charge on any atom is 0.201 e. The first kappa shape index (κ1) is 13.3. The lowest BCUT2D eigenvalue weighted by atomic mass is 9.83. The topological polar surface area (TPSA) is 38.1 Å². The predicted octanol–water partition coefficient (Wildman–Crippen LogP) is 3.58. The number of aromatic nitrogens is 1. The Morgan fingerprint density at radius 1 is 1.35 bits per heavy atom. The van der Waals surface area contributed by atoms with Gasteiger partial charge in [0.1, 0.15) is 12.1 Å². The van der Waals surface area contributed by atoms with E-state index in [0.717, 1.165) is 24.3 Å². The van der Waals surface area contributed by atoms with Crippen LogP contribution in [0.2, 0.25) is 0 Å². The molecule has 0 amide bonds. The van der Waals surface area contributed by atoms with Gasteiger partial charge in [0.2, 0.25) is 5.89 Å². The van der Waals surface area contributed by atoms with Crippen LogP contribution in [0.25, 0.3) is 0 Å². The third-order valence-corrected chi connectivity index (χ3v) is 4.25. The highest BCUT2D eigenvalue weighted by Crippen LogP contribution is 2.36. The van der Waals surface area contributed by atoms with Gasteiger partial charge in [0, 0.05) is 12.1 Å². The largest absolute Gasteiger partial charge is 0.448 e. The van der Waals surface area contributed by atoms with Crippen molar-refractivity contribution in [1.82, 2.24) is 10.3 Å². The fraction of sp³-hybridized carbons (Fsp3) is 0.438. The van der Waals surface area contributed by atoms with E-state index in [9.17, 15) is 4.39 Å². The summed E-state index contributed by atoms with van der Waals surface area (Å²) in [6.07, 6.45) is 5.31. The van der Waals surface area contributed by atoms with Crippen molar-refractivity contribution in [3.05, 3.63) is 54.0 Å². The van der Waals surface area contributed by atoms with E-state index >= 15 is 0 Å². The van der Waals surface area contributed by atoms with Crippen LogP contribution in [0.3, 0.4) is 0 Å². The maximum absolute atomic E-state index is 13.3. The molecular formula is C16H19FN2O. The van der Waals surface area contributed by atoms with Gasteiger partial charge in [-0.15, -0.1) is 0 Å². The molecule has 106 valence electrons. The molecule has 20 heavy (non-hydrogen) atoms. The molecule has 0 saturated carbocycles. The normalized spacial score (nSPS) is 23.1.